The van der Waals surface area contributed by atoms with E-state index in [1.54, 1.807) is 26.4 Å². The van der Waals surface area contributed by atoms with E-state index in [9.17, 15) is 4.79 Å². The van der Waals surface area contributed by atoms with E-state index in [1.807, 2.05) is 60.7 Å². The van der Waals surface area contributed by atoms with Crippen LogP contribution in [0.25, 0.3) is 0 Å². The van der Waals surface area contributed by atoms with Gasteiger partial charge in [0, 0.05) is 47.5 Å². The van der Waals surface area contributed by atoms with E-state index in [0.29, 0.717) is 22.3 Å². The highest BCUT2D eigenvalue weighted by molar-refractivity contribution is 6.35. The summed E-state index contributed by atoms with van der Waals surface area (Å²) in [6.45, 7) is 0.223. The van der Waals surface area contributed by atoms with Gasteiger partial charge in [0.2, 0.25) is 5.91 Å². The highest BCUT2D eigenvalue weighted by atomic mass is 35.5. The van der Waals surface area contributed by atoms with Crippen molar-refractivity contribution in [3.05, 3.63) is 99.5 Å². The fourth-order valence-corrected chi connectivity index (χ4v) is 4.44. The summed E-state index contributed by atoms with van der Waals surface area (Å²) in [6.07, 6.45) is -0.620. The molecule has 7 nitrogen and oxygen atoms in total. The Bertz CT molecular complexity index is 1290. The Hall–Kier alpha value is -3.23. The Balaban J connectivity index is 1.65. The second-order valence-corrected chi connectivity index (χ2v) is 9.19. The monoisotopic (exact) mass is 538 g/mol. The van der Waals surface area contributed by atoms with E-state index in [-0.39, 0.29) is 18.9 Å². The smallest absolute Gasteiger partial charge is 0.222 e. The van der Waals surface area contributed by atoms with Crippen LogP contribution in [0.2, 0.25) is 10.0 Å². The maximum Gasteiger partial charge on any atom is 0.222 e. The van der Waals surface area contributed by atoms with Gasteiger partial charge in [-0.05, 0) is 30.2 Å². The van der Waals surface area contributed by atoms with Gasteiger partial charge in [-0.2, -0.15) is 0 Å². The number of amides is 1. The van der Waals surface area contributed by atoms with E-state index in [4.69, 9.17) is 37.7 Å². The molecule has 0 saturated carbocycles. The Morgan fingerprint density at radius 1 is 1.05 bits per heavy atom. The summed E-state index contributed by atoms with van der Waals surface area (Å²) in [5.74, 6) is 0.290. The van der Waals surface area contributed by atoms with Crippen molar-refractivity contribution in [3.8, 4) is 0 Å². The molecule has 0 saturated heterocycles. The van der Waals surface area contributed by atoms with Crippen molar-refractivity contribution in [2.45, 2.75) is 25.3 Å². The number of halogens is 2. The molecule has 3 aromatic rings. The number of para-hydroxylation sites is 1. The summed E-state index contributed by atoms with van der Waals surface area (Å²) in [5.41, 5.74) is 4.26. The fraction of sp³-hybridized carbons (Fsp3) is 0.250. The van der Waals surface area contributed by atoms with Crippen molar-refractivity contribution in [2.75, 3.05) is 26.1 Å². The summed E-state index contributed by atoms with van der Waals surface area (Å²) >= 11 is 12.3. The minimum absolute atomic E-state index is 0.192. The molecule has 192 valence electrons. The molecule has 1 atom stereocenters. The van der Waals surface area contributed by atoms with Gasteiger partial charge in [0.05, 0.1) is 12.3 Å². The zero-order valence-corrected chi connectivity index (χ0v) is 22.1. The van der Waals surface area contributed by atoms with Crippen molar-refractivity contribution in [1.29, 1.82) is 0 Å². The van der Waals surface area contributed by atoms with Crippen LogP contribution >= 0.6 is 23.2 Å². The second-order valence-electron chi connectivity index (χ2n) is 8.35. The molecule has 1 aliphatic heterocycles. The molecule has 37 heavy (non-hydrogen) atoms. The second kappa shape index (κ2) is 12.8. The molecule has 0 aromatic heterocycles. The number of anilines is 1. The Labute approximate surface area is 226 Å². The lowest BCUT2D eigenvalue weighted by Gasteiger charge is -2.19. The first-order valence-electron chi connectivity index (χ1n) is 11.8. The van der Waals surface area contributed by atoms with E-state index in [0.717, 1.165) is 28.1 Å². The minimum atomic E-state index is -0.759. The normalized spacial score (nSPS) is 16.1. The lowest BCUT2D eigenvalue weighted by Crippen LogP contribution is -2.43. The number of amidine groups is 1. The van der Waals surface area contributed by atoms with Crippen molar-refractivity contribution in [3.63, 3.8) is 0 Å². The lowest BCUT2D eigenvalue weighted by molar-refractivity contribution is -0.121. The van der Waals surface area contributed by atoms with Crippen LogP contribution < -0.4 is 10.6 Å². The highest BCUT2D eigenvalue weighted by Crippen LogP contribution is 2.25. The van der Waals surface area contributed by atoms with Gasteiger partial charge in [0.1, 0.15) is 5.84 Å². The SMILES string of the molecule is COC(CN=C1Nc2ccccc2C(c2ccccc2)=NC1NC(=O)CCc1ccc(Cl)cc1Cl)OC. The van der Waals surface area contributed by atoms with Crippen LogP contribution in [0, 0.1) is 0 Å². The van der Waals surface area contributed by atoms with E-state index in [2.05, 4.69) is 15.6 Å². The van der Waals surface area contributed by atoms with Crippen LogP contribution in [0.3, 0.4) is 0 Å². The largest absolute Gasteiger partial charge is 0.354 e. The number of hydrogen-bond donors (Lipinski definition) is 2. The van der Waals surface area contributed by atoms with Crippen molar-refractivity contribution in [2.24, 2.45) is 9.98 Å². The van der Waals surface area contributed by atoms with Gasteiger partial charge >= 0.3 is 0 Å². The van der Waals surface area contributed by atoms with Crippen LogP contribution in [0.5, 0.6) is 0 Å². The number of nitrogens with zero attached hydrogens (tertiary/aromatic N) is 2. The number of benzene rings is 3. The summed E-state index contributed by atoms with van der Waals surface area (Å²) < 4.78 is 10.6. The molecule has 1 amide bonds. The number of nitrogens with one attached hydrogen (secondary N) is 2. The molecule has 0 spiro atoms. The van der Waals surface area contributed by atoms with Crippen molar-refractivity contribution in [1.82, 2.24) is 5.32 Å². The molecule has 1 aliphatic rings. The number of aryl methyl sites for hydroxylation is 1. The Morgan fingerprint density at radius 2 is 1.78 bits per heavy atom. The van der Waals surface area contributed by atoms with Gasteiger partial charge in [-0.3, -0.25) is 14.8 Å². The average molecular weight is 539 g/mol. The maximum atomic E-state index is 13.1. The molecular weight excluding hydrogens is 511 g/mol. The first-order chi connectivity index (χ1) is 18.0. The van der Waals surface area contributed by atoms with Crippen LogP contribution in [0.4, 0.5) is 5.69 Å². The van der Waals surface area contributed by atoms with Crippen molar-refractivity contribution >= 4 is 46.3 Å². The fourth-order valence-electron chi connectivity index (χ4n) is 3.93. The number of benzodiazepines with no additional fused rings is 1. The summed E-state index contributed by atoms with van der Waals surface area (Å²) in [6, 6.07) is 23.0. The van der Waals surface area contributed by atoms with Crippen LogP contribution in [0.1, 0.15) is 23.1 Å². The number of carbonyl (C=O) groups is 1. The predicted octanol–water partition coefficient (Wildman–Crippen LogP) is 5.35. The third-order valence-corrected chi connectivity index (χ3v) is 6.47. The van der Waals surface area contributed by atoms with Gasteiger partial charge in [-0.1, -0.05) is 77.8 Å². The van der Waals surface area contributed by atoms with E-state index >= 15 is 0 Å². The molecule has 0 aliphatic carbocycles. The molecule has 3 aromatic carbocycles. The Morgan fingerprint density at radius 3 is 2.51 bits per heavy atom. The molecule has 0 fully saturated rings. The molecule has 9 heteroatoms. The number of aliphatic imine (C=N–C) groups is 2. The first-order valence-corrected chi connectivity index (χ1v) is 12.6. The third-order valence-electron chi connectivity index (χ3n) is 5.88. The average Bonchev–Trinajstić information content (AvgIpc) is 3.06. The zero-order chi connectivity index (χ0) is 26.2. The standard InChI is InChI=1S/C28H28Cl2N4O3/c1-36-25(37-2)17-31-27-28(33-24(35)15-13-18-12-14-20(29)16-22(18)30)34-26(19-8-4-3-5-9-19)21-10-6-7-11-23(21)32-27/h3-12,14,16,25,28H,13,15,17H2,1-2H3,(H,31,32)(H,33,35). The van der Waals surface area contributed by atoms with Gasteiger partial charge in [0.15, 0.2) is 12.5 Å². The molecule has 1 heterocycles. The van der Waals surface area contributed by atoms with Gasteiger partial charge < -0.3 is 20.1 Å². The van der Waals surface area contributed by atoms with E-state index in [1.165, 1.54) is 0 Å². The summed E-state index contributed by atoms with van der Waals surface area (Å²) in [4.78, 5) is 22.8. The van der Waals surface area contributed by atoms with Crippen LogP contribution in [0.15, 0.2) is 82.8 Å². The number of rotatable bonds is 9. The molecule has 2 N–H and O–H groups in total. The molecule has 0 radical (unpaired) electrons. The number of carbonyl (C=O) groups excluding carboxylic acids is 1. The van der Waals surface area contributed by atoms with Gasteiger partial charge in [-0.15, -0.1) is 0 Å². The predicted molar refractivity (Wildman–Crippen MR) is 149 cm³/mol. The third kappa shape index (κ3) is 6.96. The van der Waals surface area contributed by atoms with E-state index < -0.39 is 12.5 Å². The molecule has 4 rings (SSSR count). The number of fused-ring (bicyclic) bond motifs is 1. The number of hydrogen-bond acceptors (Lipinski definition) is 5. The number of ether oxygens (including phenoxy) is 2. The Kier molecular flexibility index (Phi) is 9.30. The van der Waals surface area contributed by atoms with Crippen molar-refractivity contribution < 1.29 is 14.3 Å². The molecular formula is C28H28Cl2N4O3. The summed E-state index contributed by atoms with van der Waals surface area (Å²) in [5, 5.41) is 7.50. The van der Waals surface area contributed by atoms with Crippen LogP contribution in [-0.2, 0) is 20.7 Å². The topological polar surface area (TPSA) is 84.3 Å². The number of methoxy groups -OCH3 is 2. The van der Waals surface area contributed by atoms with Gasteiger partial charge in [0.25, 0.3) is 0 Å². The van der Waals surface area contributed by atoms with Crippen LogP contribution in [-0.4, -0.2) is 50.7 Å². The maximum absolute atomic E-state index is 13.1. The first kappa shape index (κ1) is 26.8. The van der Waals surface area contributed by atoms with Gasteiger partial charge in [-0.25, -0.2) is 0 Å². The lowest BCUT2D eigenvalue weighted by atomic mass is 10.0. The zero-order valence-electron chi connectivity index (χ0n) is 20.6. The molecule has 1 unspecified atom stereocenters. The summed E-state index contributed by atoms with van der Waals surface area (Å²) in [7, 11) is 3.11. The molecule has 0 bridgehead atoms. The quantitative estimate of drug-likeness (QED) is 0.359. The minimum Gasteiger partial charge on any atom is -0.354 e. The highest BCUT2D eigenvalue weighted by Gasteiger charge is 2.26.